The number of rotatable bonds is 4. The van der Waals surface area contributed by atoms with Gasteiger partial charge < -0.3 is 25.1 Å². The van der Waals surface area contributed by atoms with Gasteiger partial charge in [-0.15, -0.1) is 0 Å². The third-order valence-electron chi connectivity index (χ3n) is 5.56. The van der Waals surface area contributed by atoms with Gasteiger partial charge in [-0.3, -0.25) is 4.79 Å². The molecule has 36 heavy (non-hydrogen) atoms. The molecule has 0 spiro atoms. The number of nitrogens with one attached hydrogen (secondary N) is 2. The zero-order valence-corrected chi connectivity index (χ0v) is 20.0. The van der Waals surface area contributed by atoms with Crippen LogP contribution < -0.4 is 10.6 Å². The fourth-order valence-electron chi connectivity index (χ4n) is 3.48. The highest BCUT2D eigenvalue weighted by Gasteiger charge is 2.38. The molecule has 0 aliphatic carbocycles. The van der Waals surface area contributed by atoms with Crippen molar-refractivity contribution >= 4 is 34.7 Å². The van der Waals surface area contributed by atoms with Gasteiger partial charge in [0.1, 0.15) is 17.2 Å². The Hall–Kier alpha value is -3.86. The van der Waals surface area contributed by atoms with Gasteiger partial charge >= 0.3 is 12.1 Å². The standard InChI is InChI=1S/C23H26N4O2.C2HF3O2/c1-15-11-25-23-18(13-24-15)10-17(12-26-23)8-9-22(28)27(3)14-21-16(2)19-6-4-5-7-20(19)29-21;3-2(4,5)1(6)7/h4-10,12,15,24H,11,13-14H2,1-3H3,(H,25,26);(H,6,7)/b9-8+;/t15-;/m1./s1. The van der Waals surface area contributed by atoms with Crippen molar-refractivity contribution in [3.63, 3.8) is 0 Å². The number of carboxylic acids is 1. The zero-order valence-electron chi connectivity index (χ0n) is 20.0. The Morgan fingerprint density at radius 1 is 1.31 bits per heavy atom. The first kappa shape index (κ1) is 26.7. The largest absolute Gasteiger partial charge is 0.490 e. The maximum atomic E-state index is 12.6. The second-order valence-electron chi connectivity index (χ2n) is 8.42. The second kappa shape index (κ2) is 11.3. The van der Waals surface area contributed by atoms with Crippen LogP contribution in [0.25, 0.3) is 17.0 Å². The Morgan fingerprint density at radius 2 is 2.00 bits per heavy atom. The molecule has 0 saturated heterocycles. The van der Waals surface area contributed by atoms with Gasteiger partial charge in [-0.05, 0) is 37.6 Å². The van der Waals surface area contributed by atoms with Crippen LogP contribution in [0.4, 0.5) is 19.0 Å². The summed E-state index contributed by atoms with van der Waals surface area (Å²) in [6.07, 6.45) is 0.0997. The lowest BCUT2D eigenvalue weighted by Gasteiger charge is -2.14. The van der Waals surface area contributed by atoms with Crippen molar-refractivity contribution in [1.29, 1.82) is 0 Å². The number of nitrogens with zero attached hydrogens (tertiary/aromatic N) is 2. The van der Waals surface area contributed by atoms with Crippen LogP contribution >= 0.6 is 0 Å². The summed E-state index contributed by atoms with van der Waals surface area (Å²) in [6, 6.07) is 10.4. The van der Waals surface area contributed by atoms with E-state index in [-0.39, 0.29) is 5.91 Å². The quantitative estimate of drug-likeness (QED) is 0.454. The molecule has 0 unspecified atom stereocenters. The number of aryl methyl sites for hydroxylation is 1. The number of carbonyl (C=O) groups is 2. The third-order valence-corrected chi connectivity index (χ3v) is 5.56. The summed E-state index contributed by atoms with van der Waals surface area (Å²) >= 11 is 0. The summed E-state index contributed by atoms with van der Waals surface area (Å²) in [5.74, 6) is -1.12. The third kappa shape index (κ3) is 6.85. The number of pyridine rings is 1. The molecular formula is C25H27F3N4O4. The van der Waals surface area contributed by atoms with Gasteiger partial charge in [0.15, 0.2) is 0 Å². The molecule has 3 heterocycles. The summed E-state index contributed by atoms with van der Waals surface area (Å²) < 4.78 is 37.7. The number of aromatic nitrogens is 1. The molecule has 1 aliphatic rings. The summed E-state index contributed by atoms with van der Waals surface area (Å²) in [5.41, 5.74) is 3.94. The molecular weight excluding hydrogens is 477 g/mol. The Morgan fingerprint density at radius 3 is 2.67 bits per heavy atom. The summed E-state index contributed by atoms with van der Waals surface area (Å²) in [7, 11) is 1.78. The number of amides is 1. The average Bonchev–Trinajstić information content (AvgIpc) is 3.02. The number of para-hydroxylation sites is 1. The van der Waals surface area contributed by atoms with E-state index in [0.717, 1.165) is 52.3 Å². The summed E-state index contributed by atoms with van der Waals surface area (Å²) in [4.78, 5) is 27.6. The maximum Gasteiger partial charge on any atom is 0.490 e. The lowest BCUT2D eigenvalue weighted by atomic mass is 10.1. The fourth-order valence-corrected chi connectivity index (χ4v) is 3.48. The number of likely N-dealkylation sites (N-methyl/N-ethyl adjacent to an activating group) is 1. The molecule has 8 nitrogen and oxygen atoms in total. The predicted molar refractivity (Wildman–Crippen MR) is 129 cm³/mol. The molecule has 1 aromatic carbocycles. The molecule has 1 aliphatic heterocycles. The van der Waals surface area contributed by atoms with Crippen LogP contribution in [0, 0.1) is 6.92 Å². The van der Waals surface area contributed by atoms with E-state index in [0.29, 0.717) is 12.6 Å². The van der Waals surface area contributed by atoms with Gasteiger partial charge in [-0.2, -0.15) is 13.2 Å². The summed E-state index contributed by atoms with van der Waals surface area (Å²) in [6.45, 7) is 6.20. The number of aliphatic carboxylic acids is 1. The minimum Gasteiger partial charge on any atom is -0.475 e. The fraction of sp³-hybridized carbons (Fsp3) is 0.320. The minimum absolute atomic E-state index is 0.0790. The van der Waals surface area contributed by atoms with Crippen molar-refractivity contribution in [1.82, 2.24) is 15.2 Å². The maximum absolute atomic E-state index is 12.6. The number of carbonyl (C=O) groups excluding carboxylic acids is 1. The van der Waals surface area contributed by atoms with Crippen molar-refractivity contribution in [3.8, 4) is 0 Å². The van der Waals surface area contributed by atoms with E-state index in [1.165, 1.54) is 0 Å². The Bertz CT molecular complexity index is 1270. The number of carboxylic acid groups (broad SMARTS) is 1. The molecule has 1 amide bonds. The highest BCUT2D eigenvalue weighted by Crippen LogP contribution is 2.26. The molecule has 11 heteroatoms. The Labute approximate surface area is 205 Å². The van der Waals surface area contributed by atoms with E-state index in [1.54, 1.807) is 24.2 Å². The molecule has 3 N–H and O–H groups in total. The number of benzene rings is 1. The van der Waals surface area contributed by atoms with Crippen molar-refractivity contribution in [3.05, 3.63) is 65.1 Å². The normalized spacial score (nSPS) is 15.4. The molecule has 0 saturated carbocycles. The molecule has 1 atom stereocenters. The van der Waals surface area contributed by atoms with Crippen LogP contribution in [0.5, 0.6) is 0 Å². The first-order valence-corrected chi connectivity index (χ1v) is 11.1. The van der Waals surface area contributed by atoms with Gasteiger partial charge in [-0.25, -0.2) is 9.78 Å². The molecule has 0 fully saturated rings. The smallest absolute Gasteiger partial charge is 0.475 e. The molecule has 0 radical (unpaired) electrons. The predicted octanol–water partition coefficient (Wildman–Crippen LogP) is 4.34. The number of halogens is 3. The number of hydrogen-bond donors (Lipinski definition) is 3. The van der Waals surface area contributed by atoms with Gasteiger partial charge in [0.2, 0.25) is 5.91 Å². The number of furan rings is 1. The molecule has 4 rings (SSSR count). The highest BCUT2D eigenvalue weighted by molar-refractivity contribution is 5.91. The Kier molecular flexibility index (Phi) is 8.36. The van der Waals surface area contributed by atoms with E-state index >= 15 is 0 Å². The first-order valence-electron chi connectivity index (χ1n) is 11.1. The molecule has 0 bridgehead atoms. The van der Waals surface area contributed by atoms with Crippen LogP contribution in [0.15, 0.2) is 47.0 Å². The van der Waals surface area contributed by atoms with E-state index in [9.17, 15) is 18.0 Å². The van der Waals surface area contributed by atoms with Gasteiger partial charge in [-0.1, -0.05) is 18.2 Å². The summed E-state index contributed by atoms with van der Waals surface area (Å²) in [5, 5.41) is 15.0. The molecule has 3 aromatic rings. The number of anilines is 1. The van der Waals surface area contributed by atoms with Crippen molar-refractivity contribution < 1.29 is 32.3 Å². The number of fused-ring (bicyclic) bond motifs is 2. The van der Waals surface area contributed by atoms with E-state index < -0.39 is 12.1 Å². The van der Waals surface area contributed by atoms with Crippen molar-refractivity contribution in [2.45, 2.75) is 39.2 Å². The van der Waals surface area contributed by atoms with Crippen LogP contribution in [0.1, 0.15) is 29.4 Å². The molecule has 192 valence electrons. The van der Waals surface area contributed by atoms with Crippen molar-refractivity contribution in [2.24, 2.45) is 0 Å². The van der Waals surface area contributed by atoms with Crippen molar-refractivity contribution in [2.75, 3.05) is 18.9 Å². The first-order chi connectivity index (χ1) is 17.0. The zero-order chi connectivity index (χ0) is 26.5. The molecule has 2 aromatic heterocycles. The SMILES string of the molecule is Cc1c(CN(C)C(=O)/C=C/c2cnc3c(c2)CN[C@H](C)CN3)oc2ccccc12.O=C(O)C(F)(F)F. The van der Waals surface area contributed by atoms with Crippen LogP contribution in [0.3, 0.4) is 0 Å². The minimum atomic E-state index is -5.08. The van der Waals surface area contributed by atoms with Crippen LogP contribution in [0.2, 0.25) is 0 Å². The van der Waals surface area contributed by atoms with Gasteiger partial charge in [0.25, 0.3) is 0 Å². The Balaban J connectivity index is 0.000000454. The lowest BCUT2D eigenvalue weighted by Crippen LogP contribution is -2.29. The van der Waals surface area contributed by atoms with E-state index in [1.807, 2.05) is 37.3 Å². The van der Waals surface area contributed by atoms with Crippen LogP contribution in [-0.4, -0.2) is 52.7 Å². The monoisotopic (exact) mass is 504 g/mol. The highest BCUT2D eigenvalue weighted by atomic mass is 19.4. The number of alkyl halides is 3. The van der Waals surface area contributed by atoms with E-state index in [2.05, 4.69) is 28.6 Å². The van der Waals surface area contributed by atoms with Gasteiger partial charge in [0, 0.05) is 55.0 Å². The number of hydrogen-bond acceptors (Lipinski definition) is 6. The van der Waals surface area contributed by atoms with Crippen LogP contribution in [-0.2, 0) is 22.7 Å². The van der Waals surface area contributed by atoms with Gasteiger partial charge in [0.05, 0.1) is 6.54 Å². The topological polar surface area (TPSA) is 108 Å². The van der Waals surface area contributed by atoms with E-state index in [4.69, 9.17) is 14.3 Å². The lowest BCUT2D eigenvalue weighted by molar-refractivity contribution is -0.192. The second-order valence-corrected chi connectivity index (χ2v) is 8.42. The average molecular weight is 505 g/mol.